The lowest BCUT2D eigenvalue weighted by molar-refractivity contribution is 0.488. The minimum atomic E-state index is -3.26. The Morgan fingerprint density at radius 2 is 2.11 bits per heavy atom. The van der Waals surface area contributed by atoms with E-state index in [1.807, 2.05) is 18.2 Å². The van der Waals surface area contributed by atoms with Crippen LogP contribution in [0.1, 0.15) is 26.0 Å². The molecule has 0 aliphatic rings. The van der Waals surface area contributed by atoms with Gasteiger partial charge in [-0.1, -0.05) is 35.8 Å². The lowest BCUT2D eigenvalue weighted by atomic mass is 10.1. The molecule has 1 aromatic heterocycles. The fourth-order valence-corrected chi connectivity index (χ4v) is 3.73. The molecule has 6 heteroatoms. The molecule has 1 aromatic rings. The van der Waals surface area contributed by atoms with E-state index in [0.29, 0.717) is 17.7 Å². The van der Waals surface area contributed by atoms with Crippen molar-refractivity contribution in [2.24, 2.45) is 5.92 Å². The first kappa shape index (κ1) is 16.6. The Hall–Kier alpha value is -0.460. The van der Waals surface area contributed by atoms with Gasteiger partial charge in [-0.3, -0.25) is 4.98 Å². The molecule has 0 amide bonds. The Morgan fingerprint density at radius 3 is 2.63 bits per heavy atom. The summed E-state index contributed by atoms with van der Waals surface area (Å²) in [6.45, 7) is 4.16. The van der Waals surface area contributed by atoms with Crippen LogP contribution in [-0.2, 0) is 16.4 Å². The molecule has 0 aromatic carbocycles. The fraction of sp³-hybridized carbons (Fsp3) is 0.615. The van der Waals surface area contributed by atoms with Crippen LogP contribution in [-0.4, -0.2) is 30.5 Å². The van der Waals surface area contributed by atoms with Crippen LogP contribution in [0.15, 0.2) is 24.4 Å². The molecule has 0 aliphatic heterocycles. The van der Waals surface area contributed by atoms with E-state index in [1.54, 1.807) is 6.20 Å². The van der Waals surface area contributed by atoms with Gasteiger partial charge in [-0.05, 0) is 24.5 Å². The normalized spacial score (nSPS) is 13.7. The van der Waals surface area contributed by atoms with Crippen molar-refractivity contribution < 1.29 is 8.42 Å². The smallest absolute Gasteiger partial charge is 0.212 e. The topological polar surface area (TPSA) is 59.1 Å². The molecule has 4 nitrogen and oxygen atoms in total. The molecule has 0 saturated heterocycles. The van der Waals surface area contributed by atoms with Crippen LogP contribution in [0.3, 0.4) is 0 Å². The van der Waals surface area contributed by atoms with Crippen molar-refractivity contribution >= 4 is 26.0 Å². The van der Waals surface area contributed by atoms with Crippen LogP contribution in [0.25, 0.3) is 0 Å². The minimum absolute atomic E-state index is 0.0475. The number of alkyl halides is 1. The molecule has 0 aliphatic carbocycles. The van der Waals surface area contributed by atoms with E-state index in [4.69, 9.17) is 0 Å². The second-order valence-electron chi connectivity index (χ2n) is 4.99. The molecule has 0 radical (unpaired) electrons. The van der Waals surface area contributed by atoms with Crippen LogP contribution in [0.5, 0.6) is 0 Å². The van der Waals surface area contributed by atoms with E-state index in [0.717, 1.165) is 12.1 Å². The van der Waals surface area contributed by atoms with E-state index < -0.39 is 10.0 Å². The summed E-state index contributed by atoms with van der Waals surface area (Å²) in [7, 11) is -3.26. The quantitative estimate of drug-likeness (QED) is 0.733. The third-order valence-corrected chi connectivity index (χ3v) is 4.86. The number of aromatic nitrogens is 1. The number of hydrogen-bond donors (Lipinski definition) is 1. The summed E-state index contributed by atoms with van der Waals surface area (Å²) in [6.07, 6.45) is 2.94. The maximum absolute atomic E-state index is 12.0. The number of nitrogens with one attached hydrogen (secondary N) is 1. The maximum atomic E-state index is 12.0. The minimum Gasteiger partial charge on any atom is -0.261 e. The van der Waals surface area contributed by atoms with Crippen molar-refractivity contribution in [1.82, 2.24) is 9.71 Å². The van der Waals surface area contributed by atoms with Crippen LogP contribution in [0.2, 0.25) is 0 Å². The van der Waals surface area contributed by atoms with Crippen molar-refractivity contribution in [3.8, 4) is 0 Å². The molecule has 19 heavy (non-hydrogen) atoms. The van der Waals surface area contributed by atoms with Gasteiger partial charge in [0.1, 0.15) is 0 Å². The summed E-state index contributed by atoms with van der Waals surface area (Å²) >= 11 is 3.35. The van der Waals surface area contributed by atoms with Crippen LogP contribution in [0, 0.1) is 5.92 Å². The molecular weight excluding hydrogens is 328 g/mol. The molecule has 108 valence electrons. The van der Waals surface area contributed by atoms with Gasteiger partial charge in [0.15, 0.2) is 0 Å². The Labute approximate surface area is 124 Å². The number of pyridine rings is 1. The van der Waals surface area contributed by atoms with Gasteiger partial charge in [0, 0.05) is 29.7 Å². The largest absolute Gasteiger partial charge is 0.261 e. The molecule has 0 saturated carbocycles. The van der Waals surface area contributed by atoms with Crippen molar-refractivity contribution in [1.29, 1.82) is 0 Å². The third-order valence-electron chi connectivity index (χ3n) is 2.64. The van der Waals surface area contributed by atoms with Crippen molar-refractivity contribution in [3.05, 3.63) is 30.1 Å². The highest BCUT2D eigenvalue weighted by atomic mass is 79.9. The number of sulfonamides is 1. The van der Waals surface area contributed by atoms with Gasteiger partial charge in [0.25, 0.3) is 0 Å². The average Bonchev–Trinajstić information content (AvgIpc) is 2.36. The zero-order valence-electron chi connectivity index (χ0n) is 11.3. The van der Waals surface area contributed by atoms with E-state index in [1.165, 1.54) is 0 Å². The molecule has 1 unspecified atom stereocenters. The van der Waals surface area contributed by atoms with Gasteiger partial charge in [0.05, 0.1) is 5.75 Å². The number of halogens is 1. The first-order valence-electron chi connectivity index (χ1n) is 6.39. The molecule has 1 heterocycles. The molecule has 0 bridgehead atoms. The Balaban J connectivity index is 2.51. The standard InChI is InChI=1S/C13H21BrN2O2S/c1-11(2)9-13(10-14)16-19(17,18)8-6-12-5-3-4-7-15-12/h3-5,7,11,13,16H,6,8-10H2,1-2H3. The van der Waals surface area contributed by atoms with Gasteiger partial charge in [-0.2, -0.15) is 0 Å². The third kappa shape index (κ3) is 7.03. The highest BCUT2D eigenvalue weighted by Gasteiger charge is 2.18. The van der Waals surface area contributed by atoms with Gasteiger partial charge in [0.2, 0.25) is 10.0 Å². The zero-order valence-corrected chi connectivity index (χ0v) is 13.7. The second kappa shape index (κ2) is 7.97. The predicted octanol–water partition coefficient (Wildman–Crippen LogP) is 2.35. The van der Waals surface area contributed by atoms with Gasteiger partial charge in [-0.25, -0.2) is 13.1 Å². The fourth-order valence-electron chi connectivity index (χ4n) is 1.81. The molecule has 1 N–H and O–H groups in total. The van der Waals surface area contributed by atoms with Gasteiger partial charge >= 0.3 is 0 Å². The number of rotatable bonds is 8. The predicted molar refractivity (Wildman–Crippen MR) is 81.9 cm³/mol. The lowest BCUT2D eigenvalue weighted by Gasteiger charge is -2.18. The average molecular weight is 349 g/mol. The Bertz CT molecular complexity index is 463. The highest BCUT2D eigenvalue weighted by molar-refractivity contribution is 9.09. The van der Waals surface area contributed by atoms with Crippen LogP contribution in [0.4, 0.5) is 0 Å². The van der Waals surface area contributed by atoms with E-state index >= 15 is 0 Å². The summed E-state index contributed by atoms with van der Waals surface area (Å²) in [5.74, 6) is 0.534. The molecule has 1 atom stereocenters. The van der Waals surface area contributed by atoms with E-state index in [-0.39, 0.29) is 11.8 Å². The monoisotopic (exact) mass is 348 g/mol. The summed E-state index contributed by atoms with van der Waals surface area (Å²) in [4.78, 5) is 4.13. The SMILES string of the molecule is CC(C)CC(CBr)NS(=O)(=O)CCc1ccccn1. The number of hydrogen-bond acceptors (Lipinski definition) is 3. The van der Waals surface area contributed by atoms with Crippen LogP contribution < -0.4 is 4.72 Å². The summed E-state index contributed by atoms with van der Waals surface area (Å²) in [6, 6.07) is 5.47. The van der Waals surface area contributed by atoms with E-state index in [9.17, 15) is 8.42 Å². The van der Waals surface area contributed by atoms with Crippen molar-refractivity contribution in [2.75, 3.05) is 11.1 Å². The Morgan fingerprint density at radius 1 is 1.37 bits per heavy atom. The van der Waals surface area contributed by atoms with Crippen molar-refractivity contribution in [3.63, 3.8) is 0 Å². The highest BCUT2D eigenvalue weighted by Crippen LogP contribution is 2.09. The summed E-state index contributed by atoms with van der Waals surface area (Å²) in [5, 5.41) is 0.633. The van der Waals surface area contributed by atoms with Crippen molar-refractivity contribution in [2.45, 2.75) is 32.7 Å². The Kier molecular flexibility index (Phi) is 6.96. The maximum Gasteiger partial charge on any atom is 0.212 e. The van der Waals surface area contributed by atoms with Crippen LogP contribution >= 0.6 is 15.9 Å². The number of nitrogens with zero attached hydrogens (tertiary/aromatic N) is 1. The molecule has 0 spiro atoms. The lowest BCUT2D eigenvalue weighted by Crippen LogP contribution is -2.38. The molecule has 0 fully saturated rings. The first-order chi connectivity index (χ1) is 8.93. The van der Waals surface area contributed by atoms with E-state index in [2.05, 4.69) is 39.5 Å². The molecule has 1 rings (SSSR count). The van der Waals surface area contributed by atoms with Gasteiger partial charge in [-0.15, -0.1) is 0 Å². The van der Waals surface area contributed by atoms with Gasteiger partial charge < -0.3 is 0 Å². The second-order valence-corrected chi connectivity index (χ2v) is 7.51. The molecular formula is C13H21BrN2O2S. The number of aryl methyl sites for hydroxylation is 1. The first-order valence-corrected chi connectivity index (χ1v) is 9.16. The summed E-state index contributed by atoms with van der Waals surface area (Å²) < 4.78 is 26.7. The zero-order chi connectivity index (χ0) is 14.3. The summed E-state index contributed by atoms with van der Waals surface area (Å²) in [5.41, 5.74) is 0.798.